The number of halogens is 1. The molecule has 1 aliphatic carbocycles. The first-order chi connectivity index (χ1) is 8.08. The normalized spacial score (nSPS) is 20.4. The maximum absolute atomic E-state index is 14.5. The van der Waals surface area contributed by atoms with Crippen molar-refractivity contribution in [2.24, 2.45) is 0 Å². The molecule has 1 aliphatic rings. The Hall–Kier alpha value is -1.09. The van der Waals surface area contributed by atoms with Gasteiger partial charge in [-0.3, -0.25) is 0 Å². The van der Waals surface area contributed by atoms with Gasteiger partial charge < -0.3 is 11.1 Å². The van der Waals surface area contributed by atoms with E-state index >= 15 is 0 Å². The van der Waals surface area contributed by atoms with Gasteiger partial charge in [0.05, 0.1) is 0 Å². The zero-order valence-corrected chi connectivity index (χ0v) is 10.4. The lowest BCUT2D eigenvalue weighted by molar-refractivity contribution is 0.179. The number of benzene rings is 1. The van der Waals surface area contributed by atoms with Gasteiger partial charge in [0.1, 0.15) is 5.67 Å². The van der Waals surface area contributed by atoms with Crippen molar-refractivity contribution in [1.82, 2.24) is 5.32 Å². The Kier molecular flexibility index (Phi) is 3.67. The van der Waals surface area contributed by atoms with Crippen LogP contribution >= 0.6 is 0 Å². The summed E-state index contributed by atoms with van der Waals surface area (Å²) in [6, 6.07) is 7.54. The molecule has 0 aliphatic heterocycles. The minimum absolute atomic E-state index is 0.377. The summed E-state index contributed by atoms with van der Waals surface area (Å²) < 4.78 is 14.5. The van der Waals surface area contributed by atoms with Crippen LogP contribution in [0.1, 0.15) is 38.2 Å². The van der Waals surface area contributed by atoms with E-state index in [2.05, 4.69) is 5.32 Å². The number of nitrogens with two attached hydrogens (primary N) is 1. The zero-order chi connectivity index (χ0) is 12.3. The lowest BCUT2D eigenvalue weighted by Crippen LogP contribution is -2.37. The highest BCUT2D eigenvalue weighted by molar-refractivity contribution is 5.40. The first-order valence-electron chi connectivity index (χ1n) is 6.36. The molecular formula is C14H21FN2. The second kappa shape index (κ2) is 5.05. The summed E-state index contributed by atoms with van der Waals surface area (Å²) >= 11 is 0. The van der Waals surface area contributed by atoms with E-state index in [9.17, 15) is 4.39 Å². The van der Waals surface area contributed by atoms with Gasteiger partial charge in [0.25, 0.3) is 0 Å². The van der Waals surface area contributed by atoms with Crippen molar-refractivity contribution < 1.29 is 4.39 Å². The molecule has 1 fully saturated rings. The summed E-state index contributed by atoms with van der Waals surface area (Å²) in [6.07, 6.45) is 4.89. The summed E-state index contributed by atoms with van der Waals surface area (Å²) in [5.74, 6) is 0. The third-order valence-electron chi connectivity index (χ3n) is 3.59. The Balaban J connectivity index is 1.94. The van der Waals surface area contributed by atoms with Crippen LogP contribution in [0.3, 0.4) is 0 Å². The van der Waals surface area contributed by atoms with Crippen molar-refractivity contribution in [2.75, 3.05) is 12.3 Å². The fourth-order valence-electron chi connectivity index (χ4n) is 2.40. The smallest absolute Gasteiger partial charge is 0.145 e. The zero-order valence-electron chi connectivity index (χ0n) is 10.4. The molecule has 0 aromatic heterocycles. The Bertz CT molecular complexity index is 353. The molecule has 0 radical (unpaired) electrons. The maximum atomic E-state index is 14.5. The molecule has 1 aromatic carbocycles. The second-order valence-corrected chi connectivity index (χ2v) is 5.18. The Morgan fingerprint density at radius 2 is 1.88 bits per heavy atom. The molecule has 0 amide bonds. The number of hydrogen-bond donors (Lipinski definition) is 2. The molecule has 0 heterocycles. The van der Waals surface area contributed by atoms with Crippen LogP contribution in [0.4, 0.5) is 10.1 Å². The fourth-order valence-corrected chi connectivity index (χ4v) is 2.40. The van der Waals surface area contributed by atoms with Gasteiger partial charge in [-0.1, -0.05) is 25.0 Å². The Morgan fingerprint density at radius 3 is 2.47 bits per heavy atom. The lowest BCUT2D eigenvalue weighted by Gasteiger charge is -2.24. The molecule has 1 aromatic rings. The molecule has 1 saturated carbocycles. The van der Waals surface area contributed by atoms with Gasteiger partial charge in [-0.05, 0) is 37.5 Å². The molecule has 1 unspecified atom stereocenters. The highest BCUT2D eigenvalue weighted by Gasteiger charge is 2.27. The van der Waals surface area contributed by atoms with Crippen molar-refractivity contribution >= 4 is 5.69 Å². The largest absolute Gasteiger partial charge is 0.399 e. The third-order valence-corrected chi connectivity index (χ3v) is 3.59. The Labute approximate surface area is 102 Å². The van der Waals surface area contributed by atoms with E-state index in [1.807, 2.05) is 0 Å². The number of alkyl halides is 1. The van der Waals surface area contributed by atoms with Gasteiger partial charge in [-0.15, -0.1) is 0 Å². The van der Waals surface area contributed by atoms with Crippen molar-refractivity contribution in [1.29, 1.82) is 0 Å². The summed E-state index contributed by atoms with van der Waals surface area (Å²) in [6.45, 7) is 2.00. The van der Waals surface area contributed by atoms with E-state index in [1.165, 1.54) is 25.7 Å². The first kappa shape index (κ1) is 12.4. The molecule has 0 saturated heterocycles. The predicted octanol–water partition coefficient (Wildman–Crippen LogP) is 2.99. The fraction of sp³-hybridized carbons (Fsp3) is 0.571. The minimum Gasteiger partial charge on any atom is -0.399 e. The summed E-state index contributed by atoms with van der Waals surface area (Å²) in [5.41, 5.74) is 5.65. The molecule has 2 rings (SSSR count). The average molecular weight is 236 g/mol. The van der Waals surface area contributed by atoms with Gasteiger partial charge in [-0.25, -0.2) is 4.39 Å². The average Bonchev–Trinajstić information content (AvgIpc) is 2.80. The van der Waals surface area contributed by atoms with Crippen LogP contribution in [0.5, 0.6) is 0 Å². The monoisotopic (exact) mass is 236 g/mol. The van der Waals surface area contributed by atoms with Crippen LogP contribution in [-0.2, 0) is 5.67 Å². The van der Waals surface area contributed by atoms with Crippen LogP contribution in [0, 0.1) is 0 Å². The van der Waals surface area contributed by atoms with Crippen molar-refractivity contribution in [3.8, 4) is 0 Å². The number of nitrogen functional groups attached to an aromatic ring is 1. The van der Waals surface area contributed by atoms with E-state index in [-0.39, 0.29) is 0 Å². The second-order valence-electron chi connectivity index (χ2n) is 5.18. The van der Waals surface area contributed by atoms with Gasteiger partial charge in [0, 0.05) is 18.3 Å². The van der Waals surface area contributed by atoms with Crippen LogP contribution in [0.2, 0.25) is 0 Å². The summed E-state index contributed by atoms with van der Waals surface area (Å²) in [7, 11) is 0. The van der Waals surface area contributed by atoms with Crippen LogP contribution in [0.25, 0.3) is 0 Å². The Morgan fingerprint density at radius 1 is 1.29 bits per heavy atom. The van der Waals surface area contributed by atoms with Gasteiger partial charge in [-0.2, -0.15) is 0 Å². The van der Waals surface area contributed by atoms with E-state index < -0.39 is 5.67 Å². The van der Waals surface area contributed by atoms with Crippen LogP contribution < -0.4 is 11.1 Å². The topological polar surface area (TPSA) is 38.0 Å². The van der Waals surface area contributed by atoms with Crippen molar-refractivity contribution in [3.63, 3.8) is 0 Å². The lowest BCUT2D eigenvalue weighted by atomic mass is 9.97. The number of hydrogen-bond acceptors (Lipinski definition) is 2. The number of anilines is 1. The van der Waals surface area contributed by atoms with E-state index in [4.69, 9.17) is 5.73 Å². The third kappa shape index (κ3) is 3.19. The number of rotatable bonds is 4. The van der Waals surface area contributed by atoms with E-state index in [0.29, 0.717) is 23.8 Å². The molecule has 94 valence electrons. The first-order valence-corrected chi connectivity index (χ1v) is 6.36. The van der Waals surface area contributed by atoms with Gasteiger partial charge in [0.15, 0.2) is 0 Å². The quantitative estimate of drug-likeness (QED) is 0.789. The van der Waals surface area contributed by atoms with Crippen molar-refractivity contribution in [3.05, 3.63) is 29.8 Å². The standard InChI is InChI=1S/C14H21FN2/c1-14(15,10-17-13-4-2-3-5-13)11-6-8-12(16)9-7-11/h6-9,13,17H,2-5,10,16H2,1H3. The van der Waals surface area contributed by atoms with E-state index in [1.54, 1.807) is 31.2 Å². The SMILES string of the molecule is CC(F)(CNC1CCCC1)c1ccc(N)cc1. The molecule has 3 N–H and O–H groups in total. The summed E-state index contributed by atoms with van der Waals surface area (Å²) in [4.78, 5) is 0. The molecule has 1 atom stereocenters. The minimum atomic E-state index is -1.32. The molecule has 2 nitrogen and oxygen atoms in total. The van der Waals surface area contributed by atoms with Gasteiger partial charge >= 0.3 is 0 Å². The molecule has 0 bridgehead atoms. The molecule has 0 spiro atoms. The summed E-state index contributed by atoms with van der Waals surface area (Å²) in [5, 5.41) is 3.33. The maximum Gasteiger partial charge on any atom is 0.145 e. The highest BCUT2D eigenvalue weighted by atomic mass is 19.1. The highest BCUT2D eigenvalue weighted by Crippen LogP contribution is 2.26. The molecule has 17 heavy (non-hydrogen) atoms. The van der Waals surface area contributed by atoms with E-state index in [0.717, 1.165) is 0 Å². The number of nitrogens with one attached hydrogen (secondary N) is 1. The van der Waals surface area contributed by atoms with Crippen LogP contribution in [0.15, 0.2) is 24.3 Å². The predicted molar refractivity (Wildman–Crippen MR) is 69.6 cm³/mol. The van der Waals surface area contributed by atoms with Crippen molar-refractivity contribution in [2.45, 2.75) is 44.3 Å². The molecule has 3 heteroatoms. The van der Waals surface area contributed by atoms with Gasteiger partial charge in [0.2, 0.25) is 0 Å². The molecular weight excluding hydrogens is 215 g/mol. The van der Waals surface area contributed by atoms with Crippen LogP contribution in [-0.4, -0.2) is 12.6 Å².